The number of halogens is 1. The summed E-state index contributed by atoms with van der Waals surface area (Å²) in [6.07, 6.45) is 0.176. The average molecular weight is 500 g/mol. The molecule has 8 heteroatoms. The van der Waals surface area contributed by atoms with Gasteiger partial charge in [-0.15, -0.1) is 11.8 Å². The van der Waals surface area contributed by atoms with Crippen molar-refractivity contribution in [2.75, 3.05) is 18.9 Å². The van der Waals surface area contributed by atoms with Crippen LogP contribution in [0, 0.1) is 5.82 Å². The molecule has 0 saturated carbocycles. The van der Waals surface area contributed by atoms with Gasteiger partial charge in [0, 0.05) is 25.3 Å². The van der Waals surface area contributed by atoms with E-state index in [0.29, 0.717) is 11.3 Å². The highest BCUT2D eigenvalue weighted by Crippen LogP contribution is 2.35. The zero-order chi connectivity index (χ0) is 24.1. The first-order chi connectivity index (χ1) is 16.4. The van der Waals surface area contributed by atoms with Gasteiger partial charge in [-0.25, -0.2) is 12.8 Å². The number of carbonyl (C=O) groups is 1. The number of nitrogens with zero attached hydrogens (tertiary/aromatic N) is 1. The molecule has 34 heavy (non-hydrogen) atoms. The highest BCUT2D eigenvalue weighted by atomic mass is 32.2. The quantitative estimate of drug-likeness (QED) is 0.463. The summed E-state index contributed by atoms with van der Waals surface area (Å²) in [4.78, 5) is 13.3. The van der Waals surface area contributed by atoms with Gasteiger partial charge in [-0.3, -0.25) is 4.79 Å². The van der Waals surface area contributed by atoms with Crippen molar-refractivity contribution in [1.29, 1.82) is 0 Å². The molecule has 0 bridgehead atoms. The maximum atomic E-state index is 14.3. The van der Waals surface area contributed by atoms with Crippen LogP contribution in [0.25, 0.3) is 11.1 Å². The van der Waals surface area contributed by atoms with Crippen LogP contribution in [0.5, 0.6) is 0 Å². The molecule has 2 atom stereocenters. The number of thioether (sulfide) groups is 1. The number of benzene rings is 3. The Balaban J connectivity index is 1.53. The van der Waals surface area contributed by atoms with E-state index in [1.54, 1.807) is 42.5 Å². The summed E-state index contributed by atoms with van der Waals surface area (Å²) >= 11 is 1.28. The molecule has 5 nitrogen and oxygen atoms in total. The normalized spacial score (nSPS) is 17.5. The Hall–Kier alpha value is -2.52. The third kappa shape index (κ3) is 5.25. The van der Waals surface area contributed by atoms with Gasteiger partial charge in [-0.05, 0) is 47.2 Å². The number of hydrogen-bond donors (Lipinski definition) is 1. The van der Waals surface area contributed by atoms with Crippen molar-refractivity contribution in [3.05, 3.63) is 90.2 Å². The van der Waals surface area contributed by atoms with E-state index in [1.807, 2.05) is 30.3 Å². The lowest BCUT2D eigenvalue weighted by Gasteiger charge is -2.24. The smallest absolute Gasteiger partial charge is 0.244 e. The van der Waals surface area contributed by atoms with E-state index in [0.717, 1.165) is 11.1 Å². The molecule has 0 aliphatic carbocycles. The number of ketones is 1. The first-order valence-electron chi connectivity index (χ1n) is 11.1. The third-order valence-corrected chi connectivity index (χ3v) is 9.23. The van der Waals surface area contributed by atoms with E-state index in [2.05, 4.69) is 0 Å². The molecule has 2 unspecified atom stereocenters. The Morgan fingerprint density at radius 3 is 2.32 bits per heavy atom. The lowest BCUT2D eigenvalue weighted by molar-refractivity contribution is -0.120. The van der Waals surface area contributed by atoms with Gasteiger partial charge in [0.1, 0.15) is 11.2 Å². The molecule has 1 fully saturated rings. The molecule has 1 N–H and O–H groups in total. The monoisotopic (exact) mass is 499 g/mol. The van der Waals surface area contributed by atoms with Crippen LogP contribution in [-0.2, 0) is 14.8 Å². The molecule has 1 heterocycles. The molecular weight excluding hydrogens is 473 g/mol. The molecular formula is C26H26FNO4S2. The summed E-state index contributed by atoms with van der Waals surface area (Å²) in [5, 5.41) is 8.59. The molecule has 178 valence electrons. The van der Waals surface area contributed by atoms with Gasteiger partial charge < -0.3 is 5.11 Å². The lowest BCUT2D eigenvalue weighted by atomic mass is 9.90. The molecule has 1 aliphatic rings. The molecule has 1 aliphatic heterocycles. The van der Waals surface area contributed by atoms with E-state index >= 15 is 0 Å². The topological polar surface area (TPSA) is 74.7 Å². The molecule has 0 spiro atoms. The predicted molar refractivity (Wildman–Crippen MR) is 132 cm³/mol. The van der Waals surface area contributed by atoms with Gasteiger partial charge in [0.05, 0.1) is 4.90 Å². The van der Waals surface area contributed by atoms with Gasteiger partial charge in [0.25, 0.3) is 0 Å². The SMILES string of the molecule is O=C(CC(CCO)c1ccccc1F)C1SCCN1S(=O)(=O)c1ccc(-c2ccccc2)cc1. The van der Waals surface area contributed by atoms with Crippen molar-refractivity contribution in [3.8, 4) is 11.1 Å². The Bertz CT molecular complexity index is 1230. The number of aliphatic hydroxyl groups is 1. The minimum atomic E-state index is -3.88. The first kappa shape index (κ1) is 24.6. The number of hydrogen-bond acceptors (Lipinski definition) is 5. The van der Waals surface area contributed by atoms with Crippen molar-refractivity contribution in [2.24, 2.45) is 0 Å². The standard InChI is InChI=1S/C26H26FNO4S2/c27-24-9-5-4-8-23(24)21(14-16-29)18-25(30)26-28(15-17-33-26)34(31,32)22-12-10-20(11-13-22)19-6-2-1-3-7-19/h1-13,21,26,29H,14-18H2. The van der Waals surface area contributed by atoms with E-state index in [4.69, 9.17) is 0 Å². The fourth-order valence-electron chi connectivity index (χ4n) is 4.21. The summed E-state index contributed by atoms with van der Waals surface area (Å²) < 4.78 is 42.4. The van der Waals surface area contributed by atoms with Crippen LogP contribution in [0.3, 0.4) is 0 Å². The number of sulfonamides is 1. The first-order valence-corrected chi connectivity index (χ1v) is 13.6. The minimum Gasteiger partial charge on any atom is -0.396 e. The van der Waals surface area contributed by atoms with E-state index in [9.17, 15) is 22.7 Å². The van der Waals surface area contributed by atoms with Crippen molar-refractivity contribution in [1.82, 2.24) is 4.31 Å². The highest BCUT2D eigenvalue weighted by Gasteiger charge is 2.40. The summed E-state index contributed by atoms with van der Waals surface area (Å²) in [5.74, 6) is -0.735. The molecule has 1 saturated heterocycles. The summed E-state index contributed by atoms with van der Waals surface area (Å²) in [5.41, 5.74) is 2.25. The molecule has 3 aromatic carbocycles. The van der Waals surface area contributed by atoms with Gasteiger partial charge in [-0.1, -0.05) is 60.7 Å². The molecule has 3 aromatic rings. The predicted octanol–water partition coefficient (Wildman–Crippen LogP) is 4.68. The Morgan fingerprint density at radius 1 is 1.00 bits per heavy atom. The highest BCUT2D eigenvalue weighted by molar-refractivity contribution is 8.02. The van der Waals surface area contributed by atoms with E-state index in [-0.39, 0.29) is 36.7 Å². The van der Waals surface area contributed by atoms with E-state index < -0.39 is 27.1 Å². The molecule has 0 aromatic heterocycles. The van der Waals surface area contributed by atoms with Crippen LogP contribution in [-0.4, -0.2) is 47.9 Å². The summed E-state index contributed by atoms with van der Waals surface area (Å²) in [7, 11) is -3.88. The second-order valence-electron chi connectivity index (χ2n) is 8.13. The summed E-state index contributed by atoms with van der Waals surface area (Å²) in [6, 6.07) is 22.5. The van der Waals surface area contributed by atoms with Crippen molar-refractivity contribution in [3.63, 3.8) is 0 Å². The number of aliphatic hydroxyl groups excluding tert-OH is 1. The van der Waals surface area contributed by atoms with Crippen molar-refractivity contribution < 1.29 is 22.7 Å². The Morgan fingerprint density at radius 2 is 1.65 bits per heavy atom. The Kier molecular flexibility index (Phi) is 7.83. The maximum absolute atomic E-state index is 14.3. The Labute approximate surface area is 203 Å². The number of Topliss-reactive ketones (excluding diaryl/α,β-unsaturated/α-hetero) is 1. The van der Waals surface area contributed by atoms with Crippen LogP contribution < -0.4 is 0 Å². The zero-order valence-electron chi connectivity index (χ0n) is 18.5. The third-order valence-electron chi connectivity index (χ3n) is 5.96. The van der Waals surface area contributed by atoms with Gasteiger partial charge >= 0.3 is 0 Å². The van der Waals surface area contributed by atoms with E-state index in [1.165, 1.54) is 22.1 Å². The van der Waals surface area contributed by atoms with Crippen molar-refractivity contribution in [2.45, 2.75) is 29.0 Å². The minimum absolute atomic E-state index is 0.0435. The van der Waals surface area contributed by atoms with Crippen LogP contribution in [0.2, 0.25) is 0 Å². The average Bonchev–Trinajstić information content (AvgIpc) is 3.36. The largest absolute Gasteiger partial charge is 0.396 e. The fourth-order valence-corrected chi connectivity index (χ4v) is 7.38. The lowest BCUT2D eigenvalue weighted by Crippen LogP contribution is -2.39. The van der Waals surface area contributed by atoms with Crippen molar-refractivity contribution >= 4 is 27.6 Å². The summed E-state index contributed by atoms with van der Waals surface area (Å²) in [6.45, 7) is 0.0358. The van der Waals surface area contributed by atoms with Gasteiger partial charge in [0.15, 0.2) is 5.78 Å². The van der Waals surface area contributed by atoms with Crippen LogP contribution in [0.1, 0.15) is 24.3 Å². The zero-order valence-corrected chi connectivity index (χ0v) is 20.1. The van der Waals surface area contributed by atoms with Crippen LogP contribution in [0.15, 0.2) is 83.8 Å². The number of carbonyl (C=O) groups excluding carboxylic acids is 1. The molecule has 0 radical (unpaired) electrons. The molecule has 0 amide bonds. The van der Waals surface area contributed by atoms with Crippen LogP contribution in [0.4, 0.5) is 4.39 Å². The van der Waals surface area contributed by atoms with Gasteiger partial charge in [-0.2, -0.15) is 4.31 Å². The fraction of sp³-hybridized carbons (Fsp3) is 0.269. The van der Waals surface area contributed by atoms with Gasteiger partial charge in [0.2, 0.25) is 10.0 Å². The maximum Gasteiger partial charge on any atom is 0.244 e. The van der Waals surface area contributed by atoms with Crippen LogP contribution >= 0.6 is 11.8 Å². The second-order valence-corrected chi connectivity index (χ2v) is 11.2. The number of rotatable bonds is 9. The second kappa shape index (κ2) is 10.8. The molecule has 4 rings (SSSR count).